The van der Waals surface area contributed by atoms with Gasteiger partial charge in [-0.15, -0.1) is 6.42 Å². The van der Waals surface area contributed by atoms with Crippen LogP contribution in [0.5, 0.6) is 0 Å². The third-order valence-electron chi connectivity index (χ3n) is 4.67. The molecule has 0 aromatic carbocycles. The molecule has 2 aromatic heterocycles. The fourth-order valence-electron chi connectivity index (χ4n) is 3.22. The van der Waals surface area contributed by atoms with Crippen LogP contribution in [0.1, 0.15) is 35.8 Å². The summed E-state index contributed by atoms with van der Waals surface area (Å²) in [4.78, 5) is 18.6. The standard InChI is InChI=1S/C14H14N4O.C6H4/c1-3-11-12(14(19)17-8-4-6-10(17)2)16-18-9-5-7-15-13(11)18;1-2-5-4-6(5)3-1/h1,5,7,9-10H,4,6,8H2,2H3;1-4H. The van der Waals surface area contributed by atoms with Crippen molar-refractivity contribution >= 4 is 11.6 Å². The number of hydrogen-bond donors (Lipinski definition) is 0. The second-order valence-electron chi connectivity index (χ2n) is 6.33. The predicted octanol–water partition coefficient (Wildman–Crippen LogP) is 3.00. The van der Waals surface area contributed by atoms with Crippen LogP contribution < -0.4 is 0 Å². The number of benzene rings is 1. The van der Waals surface area contributed by atoms with Gasteiger partial charge in [-0.2, -0.15) is 5.10 Å². The monoisotopic (exact) mass is 330 g/mol. The van der Waals surface area contributed by atoms with Gasteiger partial charge in [-0.1, -0.05) is 24.1 Å². The summed E-state index contributed by atoms with van der Waals surface area (Å²) in [6.45, 7) is 2.82. The first-order valence-corrected chi connectivity index (χ1v) is 8.40. The van der Waals surface area contributed by atoms with Crippen LogP contribution in [0.3, 0.4) is 0 Å². The Labute approximate surface area is 146 Å². The second-order valence-corrected chi connectivity index (χ2v) is 6.33. The maximum absolute atomic E-state index is 12.5. The number of nitrogens with zero attached hydrogens (tertiary/aromatic N) is 4. The first kappa shape index (κ1) is 15.4. The molecule has 2 aromatic rings. The van der Waals surface area contributed by atoms with Crippen LogP contribution in [0.2, 0.25) is 0 Å². The molecule has 0 spiro atoms. The highest BCUT2D eigenvalue weighted by atomic mass is 16.2. The van der Waals surface area contributed by atoms with Crippen LogP contribution in [0.25, 0.3) is 16.8 Å². The smallest absolute Gasteiger partial charge is 0.276 e. The molecule has 0 N–H and O–H groups in total. The van der Waals surface area contributed by atoms with Crippen molar-refractivity contribution in [1.82, 2.24) is 19.5 Å². The van der Waals surface area contributed by atoms with Gasteiger partial charge in [0.15, 0.2) is 11.3 Å². The van der Waals surface area contributed by atoms with E-state index in [0.29, 0.717) is 16.9 Å². The summed E-state index contributed by atoms with van der Waals surface area (Å²) in [5.74, 6) is 2.45. The fourth-order valence-corrected chi connectivity index (χ4v) is 3.22. The second kappa shape index (κ2) is 6.06. The number of carbonyl (C=O) groups is 1. The lowest BCUT2D eigenvalue weighted by molar-refractivity contribution is 0.0741. The molecule has 124 valence electrons. The van der Waals surface area contributed by atoms with Crippen LogP contribution in [0.15, 0.2) is 42.7 Å². The van der Waals surface area contributed by atoms with Crippen molar-refractivity contribution in [2.24, 2.45) is 0 Å². The first-order valence-electron chi connectivity index (χ1n) is 8.40. The lowest BCUT2D eigenvalue weighted by Gasteiger charge is -2.20. The summed E-state index contributed by atoms with van der Waals surface area (Å²) in [5, 5.41) is 4.28. The summed E-state index contributed by atoms with van der Waals surface area (Å²) in [6.07, 6.45) is 11.0. The largest absolute Gasteiger partial charge is 0.335 e. The van der Waals surface area contributed by atoms with E-state index in [1.54, 1.807) is 23.0 Å². The number of fused-ring (bicyclic) bond motifs is 2. The summed E-state index contributed by atoms with van der Waals surface area (Å²) in [7, 11) is 0. The summed E-state index contributed by atoms with van der Waals surface area (Å²) >= 11 is 0. The average Bonchev–Trinajstić information content (AvgIpc) is 3.00. The fraction of sp³-hybridized carbons (Fsp3) is 0.250. The molecule has 25 heavy (non-hydrogen) atoms. The van der Waals surface area contributed by atoms with E-state index < -0.39 is 0 Å². The molecule has 0 bridgehead atoms. The Hall–Kier alpha value is -3.13. The van der Waals surface area contributed by atoms with Crippen molar-refractivity contribution < 1.29 is 4.79 Å². The Morgan fingerprint density at radius 3 is 2.68 bits per heavy atom. The molecule has 3 heterocycles. The van der Waals surface area contributed by atoms with Gasteiger partial charge < -0.3 is 4.90 Å². The lowest BCUT2D eigenvalue weighted by atomic mass is 10.2. The van der Waals surface area contributed by atoms with E-state index in [1.807, 2.05) is 4.90 Å². The number of amides is 1. The molecule has 1 amide bonds. The quantitative estimate of drug-likeness (QED) is 0.504. The topological polar surface area (TPSA) is 50.5 Å². The van der Waals surface area contributed by atoms with E-state index >= 15 is 0 Å². The van der Waals surface area contributed by atoms with E-state index in [4.69, 9.17) is 6.42 Å². The molecule has 2 aliphatic carbocycles. The van der Waals surface area contributed by atoms with Gasteiger partial charge in [0.05, 0.1) is 0 Å². The molecule has 0 radical (unpaired) electrons. The third kappa shape index (κ3) is 2.76. The van der Waals surface area contributed by atoms with E-state index in [9.17, 15) is 4.79 Å². The first-order chi connectivity index (χ1) is 12.2. The van der Waals surface area contributed by atoms with Crippen molar-refractivity contribution in [2.75, 3.05) is 6.54 Å². The minimum absolute atomic E-state index is 0.0940. The van der Waals surface area contributed by atoms with Crippen molar-refractivity contribution in [3.05, 3.63) is 54.0 Å². The molecule has 5 heteroatoms. The Morgan fingerprint density at radius 1 is 1.32 bits per heavy atom. The SMILES string of the molecule is C#Cc1c(C(=O)N2CCCC2C)nn2cccnc12.c1cc2cc-2c1. The van der Waals surface area contributed by atoms with Gasteiger partial charge in [-0.3, -0.25) is 4.79 Å². The molecule has 1 unspecified atom stereocenters. The molecule has 1 fully saturated rings. The van der Waals surface area contributed by atoms with E-state index in [2.05, 4.69) is 47.2 Å². The highest BCUT2D eigenvalue weighted by Gasteiger charge is 2.30. The van der Waals surface area contributed by atoms with Crippen molar-refractivity contribution in [2.45, 2.75) is 25.8 Å². The minimum Gasteiger partial charge on any atom is -0.335 e. The predicted molar refractivity (Wildman–Crippen MR) is 96.1 cm³/mol. The maximum Gasteiger partial charge on any atom is 0.276 e. The van der Waals surface area contributed by atoms with Crippen LogP contribution in [0, 0.1) is 12.3 Å². The number of aromatic nitrogens is 3. The highest BCUT2D eigenvalue weighted by Crippen LogP contribution is 2.32. The molecular weight excluding hydrogens is 312 g/mol. The van der Waals surface area contributed by atoms with Crippen LogP contribution in [0.4, 0.5) is 0 Å². The van der Waals surface area contributed by atoms with Crippen molar-refractivity contribution in [3.8, 4) is 23.5 Å². The Bertz CT molecular complexity index is 981. The molecule has 1 aliphatic heterocycles. The van der Waals surface area contributed by atoms with E-state index in [-0.39, 0.29) is 11.9 Å². The highest BCUT2D eigenvalue weighted by molar-refractivity contribution is 5.97. The van der Waals surface area contributed by atoms with Crippen LogP contribution >= 0.6 is 0 Å². The van der Waals surface area contributed by atoms with Gasteiger partial charge in [0.1, 0.15) is 5.56 Å². The molecule has 3 aliphatic rings. The van der Waals surface area contributed by atoms with Crippen LogP contribution in [-0.4, -0.2) is 38.0 Å². The number of likely N-dealkylation sites (tertiary alicyclic amines) is 1. The zero-order valence-corrected chi connectivity index (χ0v) is 14.0. The lowest BCUT2D eigenvalue weighted by Crippen LogP contribution is -2.34. The van der Waals surface area contributed by atoms with Crippen LogP contribution in [-0.2, 0) is 0 Å². The van der Waals surface area contributed by atoms with Gasteiger partial charge in [-0.25, -0.2) is 9.50 Å². The Morgan fingerprint density at radius 2 is 2.12 bits per heavy atom. The van der Waals surface area contributed by atoms with Gasteiger partial charge in [0.2, 0.25) is 0 Å². The van der Waals surface area contributed by atoms with Gasteiger partial charge in [0.25, 0.3) is 5.91 Å². The average molecular weight is 330 g/mol. The molecule has 0 saturated carbocycles. The summed E-state index contributed by atoms with van der Waals surface area (Å²) in [5.41, 5.74) is 4.21. The number of rotatable bonds is 1. The van der Waals surface area contributed by atoms with E-state index in [0.717, 1.165) is 19.4 Å². The number of hydrogen-bond acceptors (Lipinski definition) is 3. The third-order valence-corrected chi connectivity index (χ3v) is 4.67. The van der Waals surface area contributed by atoms with Crippen molar-refractivity contribution in [3.63, 3.8) is 0 Å². The summed E-state index contributed by atoms with van der Waals surface area (Å²) in [6, 6.07) is 10.5. The zero-order valence-electron chi connectivity index (χ0n) is 14.0. The van der Waals surface area contributed by atoms with Gasteiger partial charge in [0, 0.05) is 25.0 Å². The number of terminal acetylenes is 1. The Balaban J connectivity index is 0.000000217. The minimum atomic E-state index is -0.0940. The normalized spacial score (nSPS) is 17.0. The Kier molecular flexibility index (Phi) is 3.73. The van der Waals surface area contributed by atoms with E-state index in [1.165, 1.54) is 11.1 Å². The van der Waals surface area contributed by atoms with Gasteiger partial charge in [-0.05, 0) is 43.0 Å². The number of carbonyl (C=O) groups excluding carboxylic acids is 1. The molecular formula is C20H18N4O. The molecule has 1 saturated heterocycles. The maximum atomic E-state index is 12.5. The van der Waals surface area contributed by atoms with Gasteiger partial charge >= 0.3 is 0 Å². The summed E-state index contributed by atoms with van der Waals surface area (Å²) < 4.78 is 1.56. The van der Waals surface area contributed by atoms with Crippen molar-refractivity contribution in [1.29, 1.82) is 0 Å². The zero-order chi connectivity index (χ0) is 17.4. The molecule has 5 nitrogen and oxygen atoms in total. The molecule has 5 rings (SSSR count). The molecule has 1 atom stereocenters.